The maximum atomic E-state index is 13.0. The Balaban J connectivity index is 1.32. The van der Waals surface area contributed by atoms with Gasteiger partial charge < -0.3 is 14.7 Å². The van der Waals surface area contributed by atoms with Crippen LogP contribution in [0.5, 0.6) is 5.75 Å². The summed E-state index contributed by atoms with van der Waals surface area (Å²) in [5.41, 5.74) is 2.82. The summed E-state index contributed by atoms with van der Waals surface area (Å²) in [4.78, 5) is 13.9. The molecule has 1 unspecified atom stereocenters. The van der Waals surface area contributed by atoms with E-state index < -0.39 is 6.10 Å². The molecule has 2 atom stereocenters. The van der Waals surface area contributed by atoms with Crippen molar-refractivity contribution in [1.29, 1.82) is 0 Å². The first-order chi connectivity index (χ1) is 14.6. The summed E-state index contributed by atoms with van der Waals surface area (Å²) in [6.07, 6.45) is 0.150. The lowest BCUT2D eigenvalue weighted by molar-refractivity contribution is -0.146. The van der Waals surface area contributed by atoms with Gasteiger partial charge in [-0.2, -0.15) is 0 Å². The molecule has 30 heavy (non-hydrogen) atoms. The number of amides is 1. The third kappa shape index (κ3) is 4.69. The SMILES string of the molecule is O=C1C[C@@H](c2ccc(OCc3ccccc3)cc2)N1CCC(O)c1ccc(F)cc1. The average molecular weight is 405 g/mol. The lowest BCUT2D eigenvalue weighted by Crippen LogP contribution is -2.47. The van der Waals surface area contributed by atoms with Crippen molar-refractivity contribution in [1.82, 2.24) is 4.90 Å². The van der Waals surface area contributed by atoms with Crippen molar-refractivity contribution in [3.63, 3.8) is 0 Å². The fourth-order valence-electron chi connectivity index (χ4n) is 3.67. The molecule has 0 radical (unpaired) electrons. The van der Waals surface area contributed by atoms with Crippen LogP contribution in [0, 0.1) is 5.82 Å². The van der Waals surface area contributed by atoms with Crippen LogP contribution in [0.1, 0.15) is 41.7 Å². The molecule has 4 nitrogen and oxygen atoms in total. The molecule has 1 heterocycles. The van der Waals surface area contributed by atoms with Crippen molar-refractivity contribution in [2.75, 3.05) is 6.54 Å². The Labute approximate surface area is 175 Å². The Hall–Kier alpha value is -3.18. The van der Waals surface area contributed by atoms with Crippen molar-refractivity contribution in [3.05, 3.63) is 101 Å². The number of benzene rings is 3. The van der Waals surface area contributed by atoms with Gasteiger partial charge in [-0.25, -0.2) is 4.39 Å². The van der Waals surface area contributed by atoms with Gasteiger partial charge in [-0.3, -0.25) is 4.79 Å². The number of ether oxygens (including phenoxy) is 1. The van der Waals surface area contributed by atoms with Gasteiger partial charge in [-0.1, -0.05) is 54.6 Å². The van der Waals surface area contributed by atoms with Gasteiger partial charge in [0.05, 0.1) is 18.6 Å². The second-order valence-corrected chi connectivity index (χ2v) is 7.51. The minimum atomic E-state index is -0.728. The van der Waals surface area contributed by atoms with E-state index in [1.54, 1.807) is 17.0 Å². The number of halogens is 1. The largest absolute Gasteiger partial charge is 0.489 e. The molecule has 1 aliphatic heterocycles. The van der Waals surface area contributed by atoms with Crippen molar-refractivity contribution in [2.45, 2.75) is 31.6 Å². The molecule has 0 saturated carbocycles. The number of aliphatic hydroxyl groups excluding tert-OH is 1. The summed E-state index contributed by atoms with van der Waals surface area (Å²) in [7, 11) is 0. The predicted molar refractivity (Wildman–Crippen MR) is 112 cm³/mol. The van der Waals surface area contributed by atoms with E-state index in [2.05, 4.69) is 0 Å². The Kier molecular flexibility index (Phi) is 6.10. The number of likely N-dealkylation sites (tertiary alicyclic amines) is 1. The van der Waals surface area contributed by atoms with Crippen LogP contribution in [0.4, 0.5) is 4.39 Å². The van der Waals surface area contributed by atoms with Crippen LogP contribution >= 0.6 is 0 Å². The fraction of sp³-hybridized carbons (Fsp3) is 0.240. The Bertz CT molecular complexity index is 974. The number of rotatable bonds is 8. The lowest BCUT2D eigenvalue weighted by Gasteiger charge is -2.41. The highest BCUT2D eigenvalue weighted by Crippen LogP contribution is 2.36. The van der Waals surface area contributed by atoms with Crippen LogP contribution in [-0.4, -0.2) is 22.5 Å². The van der Waals surface area contributed by atoms with Gasteiger partial charge in [0, 0.05) is 6.54 Å². The molecule has 3 aromatic carbocycles. The van der Waals surface area contributed by atoms with E-state index in [0.717, 1.165) is 16.9 Å². The van der Waals surface area contributed by atoms with E-state index in [1.165, 1.54) is 12.1 Å². The number of hydrogen-bond donors (Lipinski definition) is 1. The van der Waals surface area contributed by atoms with E-state index in [-0.39, 0.29) is 17.8 Å². The number of nitrogens with zero attached hydrogens (tertiary/aromatic N) is 1. The first kappa shape index (κ1) is 20.1. The standard InChI is InChI=1S/C25H24FNO3/c26-21-10-6-20(7-11-21)24(28)14-15-27-23(16-25(27)29)19-8-12-22(13-9-19)30-17-18-4-2-1-3-5-18/h1-13,23-24,28H,14-17H2/t23-,24?/m0/s1. The average Bonchev–Trinajstić information content (AvgIpc) is 2.77. The molecule has 0 bridgehead atoms. The zero-order chi connectivity index (χ0) is 20.9. The van der Waals surface area contributed by atoms with Crippen LogP contribution in [-0.2, 0) is 11.4 Å². The monoisotopic (exact) mass is 405 g/mol. The second-order valence-electron chi connectivity index (χ2n) is 7.51. The van der Waals surface area contributed by atoms with Crippen LogP contribution in [0.2, 0.25) is 0 Å². The topological polar surface area (TPSA) is 49.8 Å². The summed E-state index contributed by atoms with van der Waals surface area (Å²) in [5, 5.41) is 10.3. The van der Waals surface area contributed by atoms with E-state index in [4.69, 9.17) is 4.74 Å². The Morgan fingerprint density at radius 3 is 2.37 bits per heavy atom. The highest BCUT2D eigenvalue weighted by molar-refractivity contribution is 5.83. The second kappa shape index (κ2) is 9.09. The van der Waals surface area contributed by atoms with Crippen molar-refractivity contribution < 1.29 is 19.0 Å². The summed E-state index contributed by atoms with van der Waals surface area (Å²) in [5.74, 6) is 0.530. The number of hydrogen-bond acceptors (Lipinski definition) is 3. The summed E-state index contributed by atoms with van der Waals surface area (Å²) < 4.78 is 18.9. The third-order valence-corrected chi connectivity index (χ3v) is 5.48. The van der Waals surface area contributed by atoms with E-state index in [0.29, 0.717) is 31.6 Å². The quantitative estimate of drug-likeness (QED) is 0.548. The molecule has 1 N–H and O–H groups in total. The van der Waals surface area contributed by atoms with Gasteiger partial charge in [0.15, 0.2) is 0 Å². The molecule has 0 aliphatic carbocycles. The van der Waals surface area contributed by atoms with E-state index >= 15 is 0 Å². The van der Waals surface area contributed by atoms with Crippen molar-refractivity contribution in [3.8, 4) is 5.75 Å². The maximum absolute atomic E-state index is 13.0. The normalized spacial score (nSPS) is 16.8. The van der Waals surface area contributed by atoms with Gasteiger partial charge in [-0.15, -0.1) is 0 Å². The van der Waals surface area contributed by atoms with Gasteiger partial charge in [0.25, 0.3) is 0 Å². The molecule has 5 heteroatoms. The number of carbonyl (C=O) groups excluding carboxylic acids is 1. The van der Waals surface area contributed by atoms with Crippen molar-refractivity contribution >= 4 is 5.91 Å². The van der Waals surface area contributed by atoms with Crippen LogP contribution in [0.25, 0.3) is 0 Å². The Morgan fingerprint density at radius 1 is 1.00 bits per heavy atom. The number of carbonyl (C=O) groups is 1. The minimum Gasteiger partial charge on any atom is -0.489 e. The molecule has 0 spiro atoms. The van der Waals surface area contributed by atoms with E-state index in [1.807, 2.05) is 54.6 Å². The fourth-order valence-corrected chi connectivity index (χ4v) is 3.67. The molecule has 1 saturated heterocycles. The van der Waals surface area contributed by atoms with Gasteiger partial charge >= 0.3 is 0 Å². The molecule has 4 rings (SSSR count). The smallest absolute Gasteiger partial charge is 0.225 e. The van der Waals surface area contributed by atoms with Gasteiger partial charge in [-0.05, 0) is 47.4 Å². The Morgan fingerprint density at radius 2 is 1.70 bits per heavy atom. The molecular formula is C25H24FNO3. The lowest BCUT2D eigenvalue weighted by atomic mass is 9.93. The minimum absolute atomic E-state index is 0.0149. The molecule has 154 valence electrons. The van der Waals surface area contributed by atoms with Crippen molar-refractivity contribution in [2.24, 2.45) is 0 Å². The molecule has 0 aromatic heterocycles. The molecule has 1 aliphatic rings. The zero-order valence-electron chi connectivity index (χ0n) is 16.6. The number of aliphatic hydroxyl groups is 1. The summed E-state index contributed by atoms with van der Waals surface area (Å²) in [6, 6.07) is 23.6. The predicted octanol–water partition coefficient (Wildman–Crippen LogP) is 4.80. The molecule has 1 amide bonds. The molecule has 3 aromatic rings. The molecular weight excluding hydrogens is 381 g/mol. The van der Waals surface area contributed by atoms with Gasteiger partial charge in [0.1, 0.15) is 18.2 Å². The van der Waals surface area contributed by atoms with Gasteiger partial charge in [0.2, 0.25) is 5.91 Å². The third-order valence-electron chi connectivity index (χ3n) is 5.48. The number of β-lactam (4-membered cyclic amide) rings is 1. The van der Waals surface area contributed by atoms with Crippen LogP contribution in [0.15, 0.2) is 78.9 Å². The molecule has 1 fully saturated rings. The highest BCUT2D eigenvalue weighted by Gasteiger charge is 2.36. The summed E-state index contributed by atoms with van der Waals surface area (Å²) >= 11 is 0. The van der Waals surface area contributed by atoms with Crippen LogP contribution in [0.3, 0.4) is 0 Å². The maximum Gasteiger partial charge on any atom is 0.225 e. The summed E-state index contributed by atoms with van der Waals surface area (Å²) in [6.45, 7) is 0.962. The first-order valence-corrected chi connectivity index (χ1v) is 10.1. The van der Waals surface area contributed by atoms with Crippen LogP contribution < -0.4 is 4.74 Å². The zero-order valence-corrected chi connectivity index (χ0v) is 16.6. The highest BCUT2D eigenvalue weighted by atomic mass is 19.1. The van der Waals surface area contributed by atoms with E-state index in [9.17, 15) is 14.3 Å². The first-order valence-electron chi connectivity index (χ1n) is 10.1.